The third kappa shape index (κ3) is 15.3. The van der Waals surface area contributed by atoms with Crippen LogP contribution in [-0.2, 0) is 23.8 Å². The molecule has 0 saturated heterocycles. The van der Waals surface area contributed by atoms with E-state index in [9.17, 15) is 9.59 Å². The third-order valence-corrected chi connectivity index (χ3v) is 3.42. The Morgan fingerprint density at radius 1 is 0.773 bits per heavy atom. The summed E-state index contributed by atoms with van der Waals surface area (Å²) in [6.07, 6.45) is 11.5. The van der Waals surface area contributed by atoms with Crippen LogP contribution in [0.1, 0.15) is 71.1 Å². The van der Waals surface area contributed by atoms with Crippen molar-refractivity contribution < 1.29 is 23.8 Å². The van der Waals surface area contributed by atoms with Gasteiger partial charge < -0.3 is 14.2 Å². The van der Waals surface area contributed by atoms with E-state index < -0.39 is 5.97 Å². The van der Waals surface area contributed by atoms with Crippen molar-refractivity contribution in [1.82, 2.24) is 0 Å². The number of hydrogen-bond acceptors (Lipinski definition) is 5. The summed E-state index contributed by atoms with van der Waals surface area (Å²) in [7, 11) is 1.30. The van der Waals surface area contributed by atoms with E-state index in [2.05, 4.69) is 11.7 Å². The number of carbonyl (C=O) groups is 2. The van der Waals surface area contributed by atoms with Gasteiger partial charge in [-0.05, 0) is 6.42 Å². The molecule has 5 nitrogen and oxygen atoms in total. The zero-order chi connectivity index (χ0) is 16.5. The maximum Gasteiger partial charge on any atom is 0.331 e. The molecule has 0 aliphatic heterocycles. The van der Waals surface area contributed by atoms with Gasteiger partial charge in [0.2, 0.25) is 0 Å². The predicted molar refractivity (Wildman–Crippen MR) is 85.6 cm³/mol. The summed E-state index contributed by atoms with van der Waals surface area (Å²) >= 11 is 0. The van der Waals surface area contributed by atoms with Crippen molar-refractivity contribution in [1.29, 1.82) is 0 Å². The summed E-state index contributed by atoms with van der Waals surface area (Å²) in [4.78, 5) is 22.2. The summed E-state index contributed by atoms with van der Waals surface area (Å²) < 4.78 is 14.4. The van der Waals surface area contributed by atoms with Crippen LogP contribution in [-0.4, -0.2) is 38.9 Å². The van der Waals surface area contributed by atoms with Gasteiger partial charge in [-0.3, -0.25) is 4.79 Å². The summed E-state index contributed by atoms with van der Waals surface area (Å²) in [6, 6.07) is 0. The smallest absolute Gasteiger partial charge is 0.331 e. The van der Waals surface area contributed by atoms with Crippen LogP contribution in [0.5, 0.6) is 0 Å². The minimum Gasteiger partial charge on any atom is -0.467 e. The second-order valence-corrected chi connectivity index (χ2v) is 5.43. The minimum atomic E-state index is -0.430. The number of carbonyl (C=O) groups excluding carboxylic acids is 2. The van der Waals surface area contributed by atoms with Crippen molar-refractivity contribution in [2.24, 2.45) is 0 Å². The lowest BCUT2D eigenvalue weighted by molar-refractivity contribution is -0.149. The average Bonchev–Trinajstić information content (AvgIpc) is 2.52. The normalized spacial score (nSPS) is 10.5. The molecule has 0 unspecified atom stereocenters. The van der Waals surface area contributed by atoms with Crippen molar-refractivity contribution in [3.05, 3.63) is 0 Å². The van der Waals surface area contributed by atoms with E-state index in [-0.39, 0.29) is 25.8 Å². The van der Waals surface area contributed by atoms with Crippen LogP contribution in [0.15, 0.2) is 0 Å². The van der Waals surface area contributed by atoms with Gasteiger partial charge in [-0.2, -0.15) is 0 Å². The van der Waals surface area contributed by atoms with E-state index in [1.165, 1.54) is 52.1 Å². The van der Waals surface area contributed by atoms with Gasteiger partial charge in [-0.15, -0.1) is 0 Å². The van der Waals surface area contributed by atoms with E-state index in [1.54, 1.807) is 0 Å². The first-order chi connectivity index (χ1) is 10.7. The molecule has 0 aliphatic carbocycles. The highest BCUT2D eigenvalue weighted by molar-refractivity contribution is 5.70. The molecule has 130 valence electrons. The summed E-state index contributed by atoms with van der Waals surface area (Å²) in [6.45, 7) is 2.53. The molecule has 0 fully saturated rings. The Labute approximate surface area is 134 Å². The maximum absolute atomic E-state index is 11.4. The quantitative estimate of drug-likeness (QED) is 0.341. The average molecular weight is 316 g/mol. The fourth-order valence-corrected chi connectivity index (χ4v) is 2.08. The molecular weight excluding hydrogens is 284 g/mol. The highest BCUT2D eigenvalue weighted by Gasteiger charge is 2.03. The molecule has 0 spiro atoms. The lowest BCUT2D eigenvalue weighted by Crippen LogP contribution is -2.15. The van der Waals surface area contributed by atoms with Crippen molar-refractivity contribution in [3.8, 4) is 0 Å². The van der Waals surface area contributed by atoms with E-state index in [4.69, 9.17) is 9.47 Å². The SMILES string of the molecule is CCCCCCCCCCCC(=O)OCCOCC(=O)OC. The molecule has 0 amide bonds. The lowest BCUT2D eigenvalue weighted by Gasteiger charge is -2.05. The van der Waals surface area contributed by atoms with Crippen LogP contribution in [0.3, 0.4) is 0 Å². The summed E-state index contributed by atoms with van der Waals surface area (Å²) in [5, 5.41) is 0. The van der Waals surface area contributed by atoms with E-state index in [0.29, 0.717) is 6.42 Å². The molecule has 0 saturated carbocycles. The first kappa shape index (κ1) is 20.9. The van der Waals surface area contributed by atoms with Gasteiger partial charge in [0.1, 0.15) is 13.2 Å². The summed E-state index contributed by atoms with van der Waals surface area (Å²) in [5.41, 5.74) is 0. The van der Waals surface area contributed by atoms with Crippen LogP contribution < -0.4 is 0 Å². The van der Waals surface area contributed by atoms with Crippen molar-refractivity contribution in [2.75, 3.05) is 26.9 Å². The number of esters is 2. The second kappa shape index (κ2) is 16.3. The van der Waals surface area contributed by atoms with Gasteiger partial charge in [-0.25, -0.2) is 4.79 Å². The lowest BCUT2D eigenvalue weighted by atomic mass is 10.1. The zero-order valence-electron chi connectivity index (χ0n) is 14.2. The fraction of sp³-hybridized carbons (Fsp3) is 0.882. The van der Waals surface area contributed by atoms with Gasteiger partial charge in [0.15, 0.2) is 0 Å². The largest absolute Gasteiger partial charge is 0.467 e. The van der Waals surface area contributed by atoms with Crippen LogP contribution in [0.2, 0.25) is 0 Å². The Morgan fingerprint density at radius 3 is 1.95 bits per heavy atom. The van der Waals surface area contributed by atoms with Gasteiger partial charge >= 0.3 is 11.9 Å². The molecule has 0 rings (SSSR count). The number of unbranched alkanes of at least 4 members (excludes halogenated alkanes) is 8. The molecular formula is C17H32O5. The van der Waals surface area contributed by atoms with E-state index in [1.807, 2.05) is 0 Å². The molecule has 0 aromatic rings. The predicted octanol–water partition coefficient (Wildman–Crippen LogP) is 3.64. The Morgan fingerprint density at radius 2 is 1.36 bits per heavy atom. The van der Waals surface area contributed by atoms with Crippen molar-refractivity contribution in [3.63, 3.8) is 0 Å². The minimum absolute atomic E-state index is 0.105. The Hall–Kier alpha value is -1.10. The molecule has 0 aromatic heterocycles. The topological polar surface area (TPSA) is 61.8 Å². The van der Waals surface area contributed by atoms with Gasteiger partial charge in [-0.1, -0.05) is 58.3 Å². The highest BCUT2D eigenvalue weighted by atomic mass is 16.6. The van der Waals surface area contributed by atoms with Crippen LogP contribution >= 0.6 is 0 Å². The van der Waals surface area contributed by atoms with Gasteiger partial charge in [0.25, 0.3) is 0 Å². The number of ether oxygens (including phenoxy) is 3. The van der Waals surface area contributed by atoms with E-state index >= 15 is 0 Å². The molecule has 0 heterocycles. The first-order valence-electron chi connectivity index (χ1n) is 8.50. The fourth-order valence-electron chi connectivity index (χ4n) is 2.08. The molecule has 22 heavy (non-hydrogen) atoms. The van der Waals surface area contributed by atoms with Crippen LogP contribution in [0.25, 0.3) is 0 Å². The Kier molecular flexibility index (Phi) is 15.5. The molecule has 0 bridgehead atoms. The highest BCUT2D eigenvalue weighted by Crippen LogP contribution is 2.10. The van der Waals surface area contributed by atoms with Gasteiger partial charge in [0.05, 0.1) is 13.7 Å². The zero-order valence-corrected chi connectivity index (χ0v) is 14.2. The molecule has 0 radical (unpaired) electrons. The number of hydrogen-bond donors (Lipinski definition) is 0. The first-order valence-corrected chi connectivity index (χ1v) is 8.50. The third-order valence-electron chi connectivity index (χ3n) is 3.42. The molecule has 0 N–H and O–H groups in total. The number of methoxy groups -OCH3 is 1. The second-order valence-electron chi connectivity index (χ2n) is 5.43. The van der Waals surface area contributed by atoms with Crippen LogP contribution in [0, 0.1) is 0 Å². The van der Waals surface area contributed by atoms with E-state index in [0.717, 1.165) is 12.8 Å². The maximum atomic E-state index is 11.4. The van der Waals surface area contributed by atoms with Crippen LogP contribution in [0.4, 0.5) is 0 Å². The van der Waals surface area contributed by atoms with Gasteiger partial charge in [0, 0.05) is 6.42 Å². The molecule has 5 heteroatoms. The summed E-state index contributed by atoms with van der Waals surface area (Å²) in [5.74, 6) is -0.620. The standard InChI is InChI=1S/C17H32O5/c1-3-4-5-6-7-8-9-10-11-12-16(18)22-14-13-21-15-17(19)20-2/h3-15H2,1-2H3. The molecule has 0 aromatic carbocycles. The Bertz CT molecular complexity index is 278. The Balaban J connectivity index is 3.21. The number of rotatable bonds is 15. The molecule has 0 aliphatic rings. The monoisotopic (exact) mass is 316 g/mol. The van der Waals surface area contributed by atoms with Crippen molar-refractivity contribution in [2.45, 2.75) is 71.1 Å². The van der Waals surface area contributed by atoms with Crippen molar-refractivity contribution >= 4 is 11.9 Å². The molecule has 0 atom stereocenters.